The van der Waals surface area contributed by atoms with Gasteiger partial charge in [0.1, 0.15) is 11.4 Å². The molecular weight excluding hydrogens is 465 g/mol. The van der Waals surface area contributed by atoms with Crippen LogP contribution in [0.1, 0.15) is 36.5 Å². The van der Waals surface area contributed by atoms with Crippen molar-refractivity contribution in [2.45, 2.75) is 40.0 Å². The maximum Gasteiger partial charge on any atom is 0.230 e. The van der Waals surface area contributed by atoms with E-state index in [0.29, 0.717) is 12.2 Å². The fourth-order valence-electron chi connectivity index (χ4n) is 3.81. The molecule has 0 aliphatic rings. The first-order chi connectivity index (χ1) is 16.5. The van der Waals surface area contributed by atoms with E-state index in [1.807, 2.05) is 37.4 Å². The summed E-state index contributed by atoms with van der Waals surface area (Å²) < 4.78 is 74.9. The first kappa shape index (κ1) is 26.2. The van der Waals surface area contributed by atoms with Crippen molar-refractivity contribution < 1.29 is 31.5 Å². The van der Waals surface area contributed by atoms with E-state index in [-0.39, 0.29) is 19.4 Å². The second-order valence-electron chi connectivity index (χ2n) is 8.84. The molecule has 0 saturated heterocycles. The lowest BCUT2D eigenvalue weighted by atomic mass is 9.78. The second kappa shape index (κ2) is 10.9. The minimum absolute atomic E-state index is 0.179. The molecule has 0 radical (unpaired) electrons. The third-order valence-corrected chi connectivity index (χ3v) is 5.91. The van der Waals surface area contributed by atoms with Gasteiger partial charge in [-0.05, 0) is 55.9 Å². The molecule has 3 rings (SSSR count). The summed E-state index contributed by atoms with van der Waals surface area (Å²) in [6, 6.07) is 14.7. The highest BCUT2D eigenvalue weighted by Crippen LogP contribution is 2.33. The summed E-state index contributed by atoms with van der Waals surface area (Å²) in [4.78, 5) is 13.2. The number of carbonyl (C=O) groups is 1. The summed E-state index contributed by atoms with van der Waals surface area (Å²) in [5, 5.41) is 1.95. The summed E-state index contributed by atoms with van der Waals surface area (Å²) >= 11 is 0. The van der Waals surface area contributed by atoms with Gasteiger partial charge in [-0.3, -0.25) is 4.79 Å². The normalized spacial score (nSPS) is 12.8. The summed E-state index contributed by atoms with van der Waals surface area (Å²) in [5.74, 6) is -10.9. The number of hydrogen-bond donors (Lipinski definition) is 1. The minimum Gasteiger partial charge on any atom is -0.493 e. The summed E-state index contributed by atoms with van der Waals surface area (Å²) in [7, 11) is 0. The monoisotopic (exact) mass is 491 g/mol. The van der Waals surface area contributed by atoms with Gasteiger partial charge in [0.05, 0.1) is 12.0 Å². The van der Waals surface area contributed by atoms with E-state index in [1.165, 1.54) is 0 Å². The minimum atomic E-state index is -2.28. The van der Waals surface area contributed by atoms with Crippen LogP contribution in [-0.4, -0.2) is 12.5 Å². The molecule has 0 aromatic heterocycles. The third kappa shape index (κ3) is 5.99. The molecule has 1 unspecified atom stereocenters. The van der Waals surface area contributed by atoms with Crippen LogP contribution in [0.25, 0.3) is 0 Å². The van der Waals surface area contributed by atoms with Crippen molar-refractivity contribution in [2.75, 3.05) is 11.9 Å². The molecule has 0 saturated carbocycles. The SMILES string of the molecule is Cc1ccc(C)c(OCCCC(C)(Cc2ccccc2)C(=O)Nc2c(F)c(F)c(F)c(F)c2F)c1. The number of ether oxygens (including phenoxy) is 1. The molecule has 0 bridgehead atoms. The molecule has 3 aromatic rings. The first-order valence-electron chi connectivity index (χ1n) is 11.1. The van der Waals surface area contributed by atoms with Crippen molar-refractivity contribution in [3.05, 3.63) is 94.3 Å². The second-order valence-corrected chi connectivity index (χ2v) is 8.84. The number of hydrogen-bond acceptors (Lipinski definition) is 2. The third-order valence-electron chi connectivity index (χ3n) is 5.91. The van der Waals surface area contributed by atoms with Crippen molar-refractivity contribution in [2.24, 2.45) is 5.41 Å². The molecule has 0 fully saturated rings. The number of halogens is 5. The zero-order valence-electron chi connectivity index (χ0n) is 19.7. The van der Waals surface area contributed by atoms with Crippen LogP contribution in [-0.2, 0) is 11.2 Å². The molecule has 8 heteroatoms. The summed E-state index contributed by atoms with van der Waals surface area (Å²) in [6.45, 7) is 5.70. The summed E-state index contributed by atoms with van der Waals surface area (Å²) in [6.07, 6.45) is 0.813. The topological polar surface area (TPSA) is 38.3 Å². The number of carbonyl (C=O) groups excluding carboxylic acids is 1. The van der Waals surface area contributed by atoms with Crippen LogP contribution in [0, 0.1) is 48.3 Å². The van der Waals surface area contributed by atoms with Gasteiger partial charge in [0.25, 0.3) is 0 Å². The Morgan fingerprint density at radius 2 is 1.49 bits per heavy atom. The molecule has 35 heavy (non-hydrogen) atoms. The van der Waals surface area contributed by atoms with Gasteiger partial charge >= 0.3 is 0 Å². The van der Waals surface area contributed by atoms with Gasteiger partial charge in [-0.2, -0.15) is 0 Å². The molecule has 3 aromatic carbocycles. The van der Waals surface area contributed by atoms with E-state index in [9.17, 15) is 26.7 Å². The maximum absolute atomic E-state index is 14.2. The molecule has 1 N–H and O–H groups in total. The van der Waals surface area contributed by atoms with Crippen LogP contribution < -0.4 is 10.1 Å². The predicted octanol–water partition coefficient (Wildman–Crippen LogP) is 7.05. The van der Waals surface area contributed by atoms with E-state index < -0.39 is 46.1 Å². The van der Waals surface area contributed by atoms with Gasteiger partial charge in [-0.1, -0.05) is 49.4 Å². The number of nitrogens with one attached hydrogen (secondary N) is 1. The quantitative estimate of drug-likeness (QED) is 0.151. The van der Waals surface area contributed by atoms with Gasteiger partial charge < -0.3 is 10.1 Å². The largest absolute Gasteiger partial charge is 0.493 e. The first-order valence-corrected chi connectivity index (χ1v) is 11.1. The number of benzene rings is 3. The van der Waals surface area contributed by atoms with Crippen molar-refractivity contribution in [3.8, 4) is 5.75 Å². The molecular formula is C27H26F5NO2. The van der Waals surface area contributed by atoms with E-state index in [2.05, 4.69) is 0 Å². The van der Waals surface area contributed by atoms with Crippen LogP contribution in [0.2, 0.25) is 0 Å². The van der Waals surface area contributed by atoms with E-state index in [1.54, 1.807) is 37.3 Å². The zero-order valence-corrected chi connectivity index (χ0v) is 19.7. The maximum atomic E-state index is 14.2. The van der Waals surface area contributed by atoms with Crippen molar-refractivity contribution in [1.82, 2.24) is 0 Å². The molecule has 0 spiro atoms. The lowest BCUT2D eigenvalue weighted by Gasteiger charge is -2.29. The predicted molar refractivity (Wildman–Crippen MR) is 124 cm³/mol. The van der Waals surface area contributed by atoms with Gasteiger partial charge in [0, 0.05) is 0 Å². The van der Waals surface area contributed by atoms with Gasteiger partial charge in [0.15, 0.2) is 23.3 Å². The van der Waals surface area contributed by atoms with Crippen LogP contribution in [0.15, 0.2) is 48.5 Å². The number of rotatable bonds is 9. The van der Waals surface area contributed by atoms with Crippen molar-refractivity contribution in [1.29, 1.82) is 0 Å². The van der Waals surface area contributed by atoms with Crippen molar-refractivity contribution in [3.63, 3.8) is 0 Å². The molecule has 0 aliphatic carbocycles. The highest BCUT2D eigenvalue weighted by atomic mass is 19.2. The average molecular weight is 492 g/mol. The molecule has 0 heterocycles. The smallest absolute Gasteiger partial charge is 0.230 e. The molecule has 1 amide bonds. The van der Waals surface area contributed by atoms with Gasteiger partial charge in [0.2, 0.25) is 11.7 Å². The fourth-order valence-corrected chi connectivity index (χ4v) is 3.81. The molecule has 1 atom stereocenters. The molecule has 186 valence electrons. The average Bonchev–Trinajstić information content (AvgIpc) is 2.84. The molecule has 3 nitrogen and oxygen atoms in total. The Balaban J connectivity index is 1.81. The zero-order chi connectivity index (χ0) is 25.8. The van der Waals surface area contributed by atoms with Gasteiger partial charge in [-0.25, -0.2) is 22.0 Å². The van der Waals surface area contributed by atoms with E-state index in [0.717, 1.165) is 16.7 Å². The Bertz CT molecular complexity index is 1190. The Labute approximate surface area is 200 Å². The molecule has 0 aliphatic heterocycles. The number of anilines is 1. The lowest BCUT2D eigenvalue weighted by molar-refractivity contribution is -0.125. The van der Waals surface area contributed by atoms with Crippen LogP contribution in [0.5, 0.6) is 5.75 Å². The standard InChI is InChI=1S/C27H26F5NO2/c1-16-10-11-17(2)19(14-16)35-13-7-12-27(3,15-18-8-5-4-6-9-18)26(34)33-25-23(31)21(29)20(28)22(30)24(25)32/h4-6,8-11,14H,7,12-13,15H2,1-3H3,(H,33,34). The van der Waals surface area contributed by atoms with Crippen molar-refractivity contribution >= 4 is 11.6 Å². The number of aryl methyl sites for hydroxylation is 2. The summed E-state index contributed by atoms with van der Waals surface area (Å²) in [5.41, 5.74) is 0.163. The fraction of sp³-hybridized carbons (Fsp3) is 0.296. The highest BCUT2D eigenvalue weighted by molar-refractivity contribution is 5.95. The van der Waals surface area contributed by atoms with Crippen LogP contribution in [0.3, 0.4) is 0 Å². The van der Waals surface area contributed by atoms with E-state index in [4.69, 9.17) is 4.74 Å². The Kier molecular flexibility index (Phi) is 8.14. The van der Waals surface area contributed by atoms with Crippen LogP contribution >= 0.6 is 0 Å². The van der Waals surface area contributed by atoms with E-state index >= 15 is 0 Å². The Hall–Kier alpha value is -3.42. The lowest BCUT2D eigenvalue weighted by Crippen LogP contribution is -2.36. The van der Waals surface area contributed by atoms with Crippen LogP contribution in [0.4, 0.5) is 27.6 Å². The Morgan fingerprint density at radius 1 is 0.886 bits per heavy atom. The Morgan fingerprint density at radius 3 is 2.11 bits per heavy atom. The van der Waals surface area contributed by atoms with Gasteiger partial charge in [-0.15, -0.1) is 0 Å². The highest BCUT2D eigenvalue weighted by Gasteiger charge is 2.36. The number of amides is 1.